The normalized spacial score (nSPS) is 23.6. The summed E-state index contributed by atoms with van der Waals surface area (Å²) in [4.78, 5) is 13.0. The van der Waals surface area contributed by atoms with Gasteiger partial charge in [-0.3, -0.25) is 4.79 Å². The van der Waals surface area contributed by atoms with E-state index in [0.29, 0.717) is 16.7 Å². The van der Waals surface area contributed by atoms with E-state index in [2.05, 4.69) is 14.9 Å². The number of rotatable bonds is 4. The second-order valence-electron chi connectivity index (χ2n) is 5.42. The monoisotopic (exact) mass is 301 g/mol. The molecule has 0 aromatic carbocycles. The molecule has 19 heavy (non-hydrogen) atoms. The van der Waals surface area contributed by atoms with Gasteiger partial charge in [0.1, 0.15) is 4.88 Å². The molecular formula is C13H20ClN3OS. The molecule has 2 atom stereocenters. The zero-order valence-electron chi connectivity index (χ0n) is 11.4. The van der Waals surface area contributed by atoms with Crippen LogP contribution in [0.2, 0.25) is 0 Å². The maximum absolute atomic E-state index is 12.3. The van der Waals surface area contributed by atoms with Crippen LogP contribution in [0.5, 0.6) is 0 Å². The first-order chi connectivity index (χ1) is 9.13. The predicted molar refractivity (Wildman–Crippen MR) is 77.9 cm³/mol. The highest BCUT2D eigenvalue weighted by Crippen LogP contribution is 2.26. The molecule has 1 aliphatic carbocycles. The van der Waals surface area contributed by atoms with Crippen LogP contribution in [0.15, 0.2) is 0 Å². The highest BCUT2D eigenvalue weighted by Gasteiger charge is 2.28. The van der Waals surface area contributed by atoms with E-state index in [1.165, 1.54) is 18.0 Å². The molecule has 0 bridgehead atoms. The van der Waals surface area contributed by atoms with Crippen molar-refractivity contribution < 1.29 is 4.79 Å². The van der Waals surface area contributed by atoms with Crippen molar-refractivity contribution in [3.63, 3.8) is 0 Å². The summed E-state index contributed by atoms with van der Waals surface area (Å²) < 4.78 is 3.90. The number of halogens is 1. The Labute approximate surface area is 123 Å². The average Bonchev–Trinajstić information content (AvgIpc) is 2.88. The number of aromatic nitrogens is 2. The van der Waals surface area contributed by atoms with Gasteiger partial charge < -0.3 is 5.32 Å². The first-order valence-corrected chi connectivity index (χ1v) is 8.13. The Morgan fingerprint density at radius 2 is 2.21 bits per heavy atom. The molecule has 6 heteroatoms. The molecule has 0 aliphatic heterocycles. The minimum absolute atomic E-state index is 0.0410. The number of nitrogens with one attached hydrogen (secondary N) is 1. The number of alkyl halides is 1. The van der Waals surface area contributed by atoms with E-state index in [9.17, 15) is 4.79 Å². The standard InChI is InChI=1S/C13H20ClN3OS/c1-8(2)11-12(19-17-16-11)13(18)15-10-6-4-3-5-9(10)7-14/h8-10H,3-7H2,1-2H3,(H,15,18). The summed E-state index contributed by atoms with van der Waals surface area (Å²) in [5.74, 6) is 1.18. The number of nitrogens with zero attached hydrogens (tertiary/aromatic N) is 2. The fourth-order valence-electron chi connectivity index (χ4n) is 2.55. The van der Waals surface area contributed by atoms with Crippen LogP contribution in [0, 0.1) is 5.92 Å². The second-order valence-corrected chi connectivity index (χ2v) is 6.48. The van der Waals surface area contributed by atoms with Crippen LogP contribution in [0.3, 0.4) is 0 Å². The van der Waals surface area contributed by atoms with Crippen LogP contribution in [-0.4, -0.2) is 27.4 Å². The van der Waals surface area contributed by atoms with Gasteiger partial charge in [-0.2, -0.15) is 0 Å². The molecule has 0 radical (unpaired) electrons. The van der Waals surface area contributed by atoms with Gasteiger partial charge in [-0.25, -0.2) is 0 Å². The van der Waals surface area contributed by atoms with Gasteiger partial charge in [0.2, 0.25) is 0 Å². The fraction of sp³-hybridized carbons (Fsp3) is 0.769. The number of carbonyl (C=O) groups is 1. The summed E-state index contributed by atoms with van der Waals surface area (Å²) in [7, 11) is 0. The van der Waals surface area contributed by atoms with E-state index in [1.807, 2.05) is 13.8 Å². The van der Waals surface area contributed by atoms with Crippen LogP contribution in [-0.2, 0) is 0 Å². The van der Waals surface area contributed by atoms with Gasteiger partial charge >= 0.3 is 0 Å². The maximum atomic E-state index is 12.3. The largest absolute Gasteiger partial charge is 0.348 e. The lowest BCUT2D eigenvalue weighted by atomic mass is 9.85. The Morgan fingerprint density at radius 3 is 2.89 bits per heavy atom. The molecule has 1 aromatic heterocycles. The van der Waals surface area contributed by atoms with Crippen LogP contribution in [0.25, 0.3) is 0 Å². The first kappa shape index (κ1) is 14.7. The van der Waals surface area contributed by atoms with Crippen molar-refractivity contribution in [2.45, 2.75) is 51.5 Å². The van der Waals surface area contributed by atoms with Crippen molar-refractivity contribution >= 4 is 29.0 Å². The van der Waals surface area contributed by atoms with Gasteiger partial charge in [0.25, 0.3) is 5.91 Å². The quantitative estimate of drug-likeness (QED) is 0.869. The van der Waals surface area contributed by atoms with Crippen molar-refractivity contribution in [3.8, 4) is 0 Å². The summed E-state index contributed by atoms with van der Waals surface area (Å²) in [6.45, 7) is 4.05. The summed E-state index contributed by atoms with van der Waals surface area (Å²) in [6, 6.07) is 0.195. The van der Waals surface area contributed by atoms with E-state index in [0.717, 1.165) is 25.0 Å². The maximum Gasteiger partial charge on any atom is 0.265 e. The Balaban J connectivity index is 2.05. The molecule has 1 heterocycles. The average molecular weight is 302 g/mol. The molecule has 106 valence electrons. The first-order valence-electron chi connectivity index (χ1n) is 6.82. The van der Waals surface area contributed by atoms with Crippen molar-refractivity contribution in [2.75, 3.05) is 5.88 Å². The smallest absolute Gasteiger partial charge is 0.265 e. The van der Waals surface area contributed by atoms with Crippen molar-refractivity contribution in [1.29, 1.82) is 0 Å². The fourth-order valence-corrected chi connectivity index (χ4v) is 3.64. The minimum Gasteiger partial charge on any atom is -0.348 e. The van der Waals surface area contributed by atoms with Gasteiger partial charge in [-0.05, 0) is 36.2 Å². The van der Waals surface area contributed by atoms with Gasteiger partial charge in [0.05, 0.1) is 5.69 Å². The van der Waals surface area contributed by atoms with Crippen LogP contribution >= 0.6 is 23.1 Å². The number of carbonyl (C=O) groups excluding carboxylic acids is 1. The van der Waals surface area contributed by atoms with Gasteiger partial charge in [-0.15, -0.1) is 16.7 Å². The van der Waals surface area contributed by atoms with Gasteiger partial charge in [-0.1, -0.05) is 31.2 Å². The molecule has 2 unspecified atom stereocenters. The lowest BCUT2D eigenvalue weighted by Crippen LogP contribution is -2.42. The lowest BCUT2D eigenvalue weighted by Gasteiger charge is -2.30. The third-order valence-corrected chi connectivity index (χ3v) is 4.83. The molecule has 2 rings (SSSR count). The highest BCUT2D eigenvalue weighted by atomic mass is 35.5. The predicted octanol–water partition coefficient (Wildman–Crippen LogP) is 3.19. The zero-order valence-corrected chi connectivity index (χ0v) is 12.9. The van der Waals surface area contributed by atoms with E-state index in [-0.39, 0.29) is 17.9 Å². The zero-order chi connectivity index (χ0) is 13.8. The van der Waals surface area contributed by atoms with Crippen LogP contribution in [0.4, 0.5) is 0 Å². The van der Waals surface area contributed by atoms with Gasteiger partial charge in [0.15, 0.2) is 0 Å². The number of amides is 1. The Hall–Kier alpha value is -0.680. The molecule has 1 aromatic rings. The molecular weight excluding hydrogens is 282 g/mol. The molecule has 1 aliphatic rings. The Morgan fingerprint density at radius 1 is 1.47 bits per heavy atom. The number of hydrogen-bond donors (Lipinski definition) is 1. The van der Waals surface area contributed by atoms with Gasteiger partial charge in [0, 0.05) is 11.9 Å². The number of hydrogen-bond acceptors (Lipinski definition) is 4. The Kier molecular flexibility index (Phi) is 5.16. The van der Waals surface area contributed by atoms with Crippen LogP contribution in [0.1, 0.15) is 60.8 Å². The third-order valence-electron chi connectivity index (χ3n) is 3.69. The second kappa shape index (κ2) is 6.66. The van der Waals surface area contributed by atoms with Crippen LogP contribution < -0.4 is 5.32 Å². The molecule has 1 amide bonds. The summed E-state index contributed by atoms with van der Waals surface area (Å²) in [6.07, 6.45) is 4.50. The molecule has 0 saturated heterocycles. The molecule has 1 saturated carbocycles. The van der Waals surface area contributed by atoms with E-state index in [1.54, 1.807) is 0 Å². The topological polar surface area (TPSA) is 54.9 Å². The van der Waals surface area contributed by atoms with E-state index in [4.69, 9.17) is 11.6 Å². The SMILES string of the molecule is CC(C)c1nnsc1C(=O)NC1CCCCC1CCl. The molecule has 1 N–H and O–H groups in total. The van der Waals surface area contributed by atoms with Crippen molar-refractivity contribution in [3.05, 3.63) is 10.6 Å². The Bertz CT molecular complexity index is 435. The summed E-state index contributed by atoms with van der Waals surface area (Å²) >= 11 is 7.17. The molecule has 1 fully saturated rings. The van der Waals surface area contributed by atoms with E-state index >= 15 is 0 Å². The summed E-state index contributed by atoms with van der Waals surface area (Å²) in [5, 5.41) is 7.18. The summed E-state index contributed by atoms with van der Waals surface area (Å²) in [5.41, 5.74) is 0.792. The highest BCUT2D eigenvalue weighted by molar-refractivity contribution is 7.08. The lowest BCUT2D eigenvalue weighted by molar-refractivity contribution is 0.0914. The van der Waals surface area contributed by atoms with Crippen molar-refractivity contribution in [2.24, 2.45) is 5.92 Å². The van der Waals surface area contributed by atoms with Crippen molar-refractivity contribution in [1.82, 2.24) is 14.9 Å². The van der Waals surface area contributed by atoms with E-state index < -0.39 is 0 Å². The molecule has 0 spiro atoms. The minimum atomic E-state index is -0.0410. The molecule has 4 nitrogen and oxygen atoms in total. The third kappa shape index (κ3) is 3.45.